The highest BCUT2D eigenvalue weighted by Crippen LogP contribution is 2.30. The van der Waals surface area contributed by atoms with Crippen LogP contribution in [0.3, 0.4) is 0 Å². The number of imidazole rings is 1. The van der Waals surface area contributed by atoms with Gasteiger partial charge in [-0.25, -0.2) is 18.8 Å². The first-order valence-electron chi connectivity index (χ1n) is 11.4. The molecule has 0 spiro atoms. The number of carbonyl (C=O) groups is 2. The zero-order valence-electron chi connectivity index (χ0n) is 20.6. The van der Waals surface area contributed by atoms with E-state index in [0.717, 1.165) is 12.1 Å². The van der Waals surface area contributed by atoms with E-state index < -0.39 is 17.5 Å². The fraction of sp³-hybridized carbons (Fsp3) is 0.320. The Bertz CT molecular complexity index is 1240. The fourth-order valence-corrected chi connectivity index (χ4v) is 3.72. The molecule has 1 heterocycles. The molecule has 11 heteroatoms. The van der Waals surface area contributed by atoms with Crippen LogP contribution < -0.4 is 15.8 Å². The van der Waals surface area contributed by atoms with Gasteiger partial charge < -0.3 is 20.4 Å². The first-order chi connectivity index (χ1) is 17.2. The van der Waals surface area contributed by atoms with E-state index in [1.165, 1.54) is 30.0 Å². The van der Waals surface area contributed by atoms with Crippen molar-refractivity contribution in [3.05, 3.63) is 65.1 Å². The average Bonchev–Trinajstić information content (AvgIpc) is 3.24. The van der Waals surface area contributed by atoms with Crippen molar-refractivity contribution in [1.29, 1.82) is 0 Å². The molecule has 3 aromatic rings. The summed E-state index contributed by atoms with van der Waals surface area (Å²) in [5.74, 6) is -2.59. The van der Waals surface area contributed by atoms with Crippen LogP contribution in [0.1, 0.15) is 40.4 Å². The maximum atomic E-state index is 14.6. The summed E-state index contributed by atoms with van der Waals surface area (Å²) in [6.45, 7) is 4.52. The van der Waals surface area contributed by atoms with Gasteiger partial charge in [0.15, 0.2) is 5.82 Å². The van der Waals surface area contributed by atoms with Gasteiger partial charge in [-0.1, -0.05) is 6.92 Å². The van der Waals surface area contributed by atoms with Crippen molar-refractivity contribution in [3.8, 4) is 17.0 Å². The second-order valence-electron chi connectivity index (χ2n) is 7.79. The van der Waals surface area contributed by atoms with Crippen LogP contribution >= 0.6 is 0 Å². The molecule has 192 valence electrons. The van der Waals surface area contributed by atoms with Gasteiger partial charge in [-0.05, 0) is 37.1 Å². The van der Waals surface area contributed by atoms with Crippen molar-refractivity contribution in [2.45, 2.75) is 20.3 Å². The number of anilines is 1. The lowest BCUT2D eigenvalue weighted by Gasteiger charge is -2.21. The van der Waals surface area contributed by atoms with E-state index in [1.54, 1.807) is 25.1 Å². The number of hydrogen-bond acceptors (Lipinski definition) is 6. The molecule has 0 aliphatic heterocycles. The standard InChI is InChI=1S/C25H29F2N5O4/c1-5-15-11-16(7-8-18(15)25(34)32(6-2)36-10-9-28)30-24(33)23-29-14-21(31(23)3)22-19(26)12-17(35-4)13-20(22)27/h7-8,11-14H,5-6,9-10,28H2,1-4H3,(H,30,33). The smallest absolute Gasteiger partial charge is 0.291 e. The van der Waals surface area contributed by atoms with Gasteiger partial charge in [0.25, 0.3) is 11.8 Å². The number of methoxy groups -OCH3 is 1. The maximum Gasteiger partial charge on any atom is 0.291 e. The average molecular weight is 502 g/mol. The molecule has 3 rings (SSSR count). The van der Waals surface area contributed by atoms with Crippen molar-refractivity contribution < 1.29 is 27.9 Å². The number of ether oxygens (including phenoxy) is 1. The predicted molar refractivity (Wildman–Crippen MR) is 131 cm³/mol. The molecule has 0 saturated heterocycles. The Kier molecular flexibility index (Phi) is 8.73. The number of nitrogens with one attached hydrogen (secondary N) is 1. The minimum atomic E-state index is -0.841. The lowest BCUT2D eigenvalue weighted by atomic mass is 10.0. The van der Waals surface area contributed by atoms with Gasteiger partial charge in [0.1, 0.15) is 17.4 Å². The number of aryl methyl sites for hydroxylation is 1. The summed E-state index contributed by atoms with van der Waals surface area (Å²) in [5.41, 5.74) is 6.81. The van der Waals surface area contributed by atoms with Crippen molar-refractivity contribution >= 4 is 17.5 Å². The molecule has 0 radical (unpaired) electrons. The number of nitrogens with zero attached hydrogens (tertiary/aromatic N) is 3. The topological polar surface area (TPSA) is 112 Å². The lowest BCUT2D eigenvalue weighted by molar-refractivity contribution is -0.117. The molecule has 2 amide bonds. The van der Waals surface area contributed by atoms with E-state index in [0.29, 0.717) is 29.8 Å². The van der Waals surface area contributed by atoms with Gasteiger partial charge >= 0.3 is 0 Å². The maximum absolute atomic E-state index is 14.6. The number of rotatable bonds is 10. The van der Waals surface area contributed by atoms with Crippen LogP contribution in [0, 0.1) is 11.6 Å². The van der Waals surface area contributed by atoms with E-state index in [9.17, 15) is 18.4 Å². The SMILES string of the molecule is CCc1cc(NC(=O)c2ncc(-c3c(F)cc(OC)cc3F)n2C)ccc1C(=O)N(CC)OCCN. The van der Waals surface area contributed by atoms with Crippen molar-refractivity contribution in [2.24, 2.45) is 12.8 Å². The van der Waals surface area contributed by atoms with Crippen LogP contribution in [-0.2, 0) is 18.3 Å². The molecule has 0 unspecified atom stereocenters. The van der Waals surface area contributed by atoms with Crippen LogP contribution in [0.4, 0.5) is 14.5 Å². The molecule has 36 heavy (non-hydrogen) atoms. The van der Waals surface area contributed by atoms with E-state index >= 15 is 0 Å². The van der Waals surface area contributed by atoms with Crippen molar-refractivity contribution in [3.63, 3.8) is 0 Å². The quantitative estimate of drug-likeness (QED) is 0.411. The molecule has 0 aliphatic rings. The molecule has 0 saturated carbocycles. The Morgan fingerprint density at radius 1 is 1.17 bits per heavy atom. The first-order valence-corrected chi connectivity index (χ1v) is 11.4. The zero-order chi connectivity index (χ0) is 26.4. The van der Waals surface area contributed by atoms with Gasteiger partial charge in [0.05, 0.1) is 31.2 Å². The molecule has 1 aromatic heterocycles. The predicted octanol–water partition coefficient (Wildman–Crippen LogP) is 3.54. The lowest BCUT2D eigenvalue weighted by Crippen LogP contribution is -2.33. The molecular formula is C25H29F2N5O4. The Hall–Kier alpha value is -3.83. The van der Waals surface area contributed by atoms with Gasteiger partial charge in [-0.2, -0.15) is 0 Å². The molecule has 2 aromatic carbocycles. The normalized spacial score (nSPS) is 10.9. The van der Waals surface area contributed by atoms with Crippen molar-refractivity contribution in [2.75, 3.05) is 32.1 Å². The summed E-state index contributed by atoms with van der Waals surface area (Å²) in [6, 6.07) is 7.00. The third-order valence-corrected chi connectivity index (χ3v) is 5.55. The summed E-state index contributed by atoms with van der Waals surface area (Å²) in [4.78, 5) is 35.3. The molecule has 0 bridgehead atoms. The van der Waals surface area contributed by atoms with Gasteiger partial charge in [0.2, 0.25) is 0 Å². The third-order valence-electron chi connectivity index (χ3n) is 5.55. The largest absolute Gasteiger partial charge is 0.497 e. The third kappa shape index (κ3) is 5.52. The van der Waals surface area contributed by atoms with Gasteiger partial charge in [-0.15, -0.1) is 0 Å². The van der Waals surface area contributed by atoms with Crippen LogP contribution in [0.5, 0.6) is 5.75 Å². The zero-order valence-corrected chi connectivity index (χ0v) is 20.6. The first kappa shape index (κ1) is 26.8. The van der Waals surface area contributed by atoms with E-state index in [2.05, 4.69) is 10.3 Å². The molecule has 3 N–H and O–H groups in total. The van der Waals surface area contributed by atoms with E-state index in [-0.39, 0.29) is 41.9 Å². The summed E-state index contributed by atoms with van der Waals surface area (Å²) < 4.78 is 35.3. The van der Waals surface area contributed by atoms with Gasteiger partial charge in [-0.3, -0.25) is 14.4 Å². The number of halogens is 2. The number of benzene rings is 2. The molecule has 0 fully saturated rings. The second-order valence-corrected chi connectivity index (χ2v) is 7.79. The number of aromatic nitrogens is 2. The van der Waals surface area contributed by atoms with Crippen LogP contribution in [0.15, 0.2) is 36.5 Å². The van der Waals surface area contributed by atoms with Crippen LogP contribution in [0.25, 0.3) is 11.3 Å². The minimum Gasteiger partial charge on any atom is -0.497 e. The highest BCUT2D eigenvalue weighted by molar-refractivity contribution is 6.03. The molecule has 0 atom stereocenters. The van der Waals surface area contributed by atoms with Crippen LogP contribution in [0.2, 0.25) is 0 Å². The number of carbonyl (C=O) groups excluding carboxylic acids is 2. The van der Waals surface area contributed by atoms with E-state index in [4.69, 9.17) is 15.3 Å². The summed E-state index contributed by atoms with van der Waals surface area (Å²) in [5, 5.41) is 3.97. The van der Waals surface area contributed by atoms with Crippen LogP contribution in [-0.4, -0.2) is 53.2 Å². The Labute approximate surface area is 207 Å². The number of hydroxylamine groups is 2. The minimum absolute atomic E-state index is 0.0375. The highest BCUT2D eigenvalue weighted by Gasteiger charge is 2.23. The molecule has 9 nitrogen and oxygen atoms in total. The fourth-order valence-electron chi connectivity index (χ4n) is 3.72. The summed E-state index contributed by atoms with van der Waals surface area (Å²) >= 11 is 0. The Balaban J connectivity index is 1.84. The Morgan fingerprint density at radius 3 is 2.44 bits per heavy atom. The summed E-state index contributed by atoms with van der Waals surface area (Å²) in [6.07, 6.45) is 1.75. The second kappa shape index (κ2) is 11.7. The summed E-state index contributed by atoms with van der Waals surface area (Å²) in [7, 11) is 2.79. The van der Waals surface area contributed by atoms with Gasteiger partial charge in [0, 0.05) is 43.5 Å². The molecular weight excluding hydrogens is 472 g/mol. The molecule has 0 aliphatic carbocycles. The number of nitrogens with two attached hydrogens (primary N) is 1. The monoisotopic (exact) mass is 501 g/mol. The van der Waals surface area contributed by atoms with E-state index in [1.807, 2.05) is 6.92 Å². The Morgan fingerprint density at radius 2 is 1.86 bits per heavy atom. The highest BCUT2D eigenvalue weighted by atomic mass is 19.1. The van der Waals surface area contributed by atoms with Crippen molar-refractivity contribution in [1.82, 2.24) is 14.6 Å². The number of hydrogen-bond donors (Lipinski definition) is 2. The number of amides is 2.